The Morgan fingerprint density at radius 3 is 2.45 bits per heavy atom. The highest BCUT2D eigenvalue weighted by Crippen LogP contribution is 2.40. The summed E-state index contributed by atoms with van der Waals surface area (Å²) in [6.45, 7) is 3.53. The zero-order valence-electron chi connectivity index (χ0n) is 17.1. The summed E-state index contributed by atoms with van der Waals surface area (Å²) in [4.78, 5) is 11.8. The quantitative estimate of drug-likeness (QED) is 0.666. The SMILES string of the molecule is CC(OCC1(c2ccc(F)cc2)CCNCC1)c1cc(C(F)(F)F)cc2c1CC(=O)N2. The van der Waals surface area contributed by atoms with Crippen LogP contribution in [0.2, 0.25) is 0 Å². The van der Waals surface area contributed by atoms with E-state index in [9.17, 15) is 22.4 Å². The monoisotopic (exact) mass is 436 g/mol. The number of amides is 1. The van der Waals surface area contributed by atoms with Gasteiger partial charge in [0.25, 0.3) is 0 Å². The summed E-state index contributed by atoms with van der Waals surface area (Å²) in [5.74, 6) is -0.650. The Bertz CT molecular complexity index is 967. The number of benzene rings is 2. The summed E-state index contributed by atoms with van der Waals surface area (Å²) in [6.07, 6.45) is -3.60. The highest BCUT2D eigenvalue weighted by atomic mass is 19.4. The number of anilines is 1. The third kappa shape index (κ3) is 4.45. The predicted molar refractivity (Wildman–Crippen MR) is 108 cm³/mol. The van der Waals surface area contributed by atoms with Crippen molar-refractivity contribution in [1.82, 2.24) is 5.32 Å². The van der Waals surface area contributed by atoms with Crippen LogP contribution in [0, 0.1) is 5.82 Å². The van der Waals surface area contributed by atoms with Crippen molar-refractivity contribution in [3.8, 4) is 0 Å². The molecule has 4 nitrogen and oxygen atoms in total. The number of nitrogens with one attached hydrogen (secondary N) is 2. The number of piperidine rings is 1. The molecule has 1 saturated heterocycles. The van der Waals surface area contributed by atoms with Gasteiger partial charge < -0.3 is 15.4 Å². The van der Waals surface area contributed by atoms with Gasteiger partial charge in [-0.25, -0.2) is 4.39 Å². The lowest BCUT2D eigenvalue weighted by Gasteiger charge is -2.39. The maximum atomic E-state index is 13.4. The van der Waals surface area contributed by atoms with E-state index in [0.29, 0.717) is 11.1 Å². The summed E-state index contributed by atoms with van der Waals surface area (Å²) in [5.41, 5.74) is 0.896. The van der Waals surface area contributed by atoms with E-state index >= 15 is 0 Å². The third-order valence-corrected chi connectivity index (χ3v) is 6.29. The molecule has 2 aromatic rings. The molecule has 2 aromatic carbocycles. The summed E-state index contributed by atoms with van der Waals surface area (Å²) in [5, 5.41) is 5.81. The number of hydrogen-bond acceptors (Lipinski definition) is 3. The predicted octanol–water partition coefficient (Wildman–Crippen LogP) is 4.74. The Hall–Kier alpha value is -2.45. The Labute approximate surface area is 178 Å². The van der Waals surface area contributed by atoms with E-state index in [-0.39, 0.29) is 35.9 Å². The third-order valence-electron chi connectivity index (χ3n) is 6.29. The number of alkyl halides is 3. The van der Waals surface area contributed by atoms with E-state index in [1.165, 1.54) is 12.1 Å². The Balaban J connectivity index is 1.61. The topological polar surface area (TPSA) is 50.4 Å². The lowest BCUT2D eigenvalue weighted by atomic mass is 9.74. The fourth-order valence-corrected chi connectivity index (χ4v) is 4.48. The average molecular weight is 436 g/mol. The molecule has 4 rings (SSSR count). The van der Waals surface area contributed by atoms with Crippen LogP contribution in [0.1, 0.15) is 48.1 Å². The van der Waals surface area contributed by atoms with Gasteiger partial charge in [-0.15, -0.1) is 0 Å². The number of rotatable bonds is 5. The Morgan fingerprint density at radius 1 is 1.13 bits per heavy atom. The smallest absolute Gasteiger partial charge is 0.373 e. The number of halogens is 4. The summed E-state index contributed by atoms with van der Waals surface area (Å²) in [7, 11) is 0. The van der Waals surface area contributed by atoms with E-state index in [1.54, 1.807) is 19.1 Å². The molecule has 1 atom stereocenters. The van der Waals surface area contributed by atoms with Crippen molar-refractivity contribution in [3.05, 3.63) is 64.5 Å². The molecule has 2 N–H and O–H groups in total. The molecular formula is C23H24F4N2O2. The van der Waals surface area contributed by atoms with Crippen molar-refractivity contribution in [2.24, 2.45) is 0 Å². The summed E-state index contributed by atoms with van der Waals surface area (Å²) >= 11 is 0. The zero-order valence-corrected chi connectivity index (χ0v) is 17.1. The molecule has 1 unspecified atom stereocenters. The molecule has 0 spiro atoms. The van der Waals surface area contributed by atoms with Crippen molar-refractivity contribution < 1.29 is 27.1 Å². The van der Waals surface area contributed by atoms with Crippen molar-refractivity contribution in [3.63, 3.8) is 0 Å². The Morgan fingerprint density at radius 2 is 1.81 bits per heavy atom. The second-order valence-electron chi connectivity index (χ2n) is 8.30. The highest BCUT2D eigenvalue weighted by molar-refractivity contribution is 5.99. The van der Waals surface area contributed by atoms with Gasteiger partial charge in [0, 0.05) is 11.1 Å². The largest absolute Gasteiger partial charge is 0.416 e. The maximum absolute atomic E-state index is 13.4. The van der Waals surface area contributed by atoms with E-state index in [0.717, 1.165) is 43.6 Å². The van der Waals surface area contributed by atoms with Gasteiger partial charge in [0.15, 0.2) is 0 Å². The van der Waals surface area contributed by atoms with E-state index < -0.39 is 17.8 Å². The number of carbonyl (C=O) groups excluding carboxylic acids is 1. The van der Waals surface area contributed by atoms with E-state index in [1.807, 2.05) is 0 Å². The van der Waals surface area contributed by atoms with Gasteiger partial charge in [-0.1, -0.05) is 12.1 Å². The maximum Gasteiger partial charge on any atom is 0.416 e. The van der Waals surface area contributed by atoms with Crippen LogP contribution in [-0.2, 0) is 27.5 Å². The molecular weight excluding hydrogens is 412 g/mol. The minimum Gasteiger partial charge on any atom is -0.373 e. The molecule has 0 aromatic heterocycles. The second kappa shape index (κ2) is 8.24. The molecule has 8 heteroatoms. The fraction of sp³-hybridized carbons (Fsp3) is 0.435. The van der Waals surface area contributed by atoms with Crippen LogP contribution in [0.3, 0.4) is 0 Å². The van der Waals surface area contributed by atoms with Crippen molar-refractivity contribution in [2.45, 2.75) is 43.9 Å². The first-order chi connectivity index (χ1) is 14.7. The van der Waals surface area contributed by atoms with Crippen LogP contribution < -0.4 is 10.6 Å². The average Bonchev–Trinajstić information content (AvgIpc) is 3.12. The van der Waals surface area contributed by atoms with Crippen LogP contribution in [0.25, 0.3) is 0 Å². The Kier molecular flexibility index (Phi) is 5.79. The number of fused-ring (bicyclic) bond motifs is 1. The van der Waals surface area contributed by atoms with Crippen LogP contribution in [0.15, 0.2) is 36.4 Å². The van der Waals surface area contributed by atoms with Crippen LogP contribution in [0.5, 0.6) is 0 Å². The molecule has 2 aliphatic heterocycles. The van der Waals surface area contributed by atoms with Crippen molar-refractivity contribution in [2.75, 3.05) is 25.0 Å². The van der Waals surface area contributed by atoms with Gasteiger partial charge in [-0.2, -0.15) is 13.2 Å². The zero-order chi connectivity index (χ0) is 22.2. The van der Waals surface area contributed by atoms with Gasteiger partial charge in [-0.3, -0.25) is 4.79 Å². The minimum absolute atomic E-state index is 0.0313. The minimum atomic E-state index is -4.53. The normalized spacial score (nSPS) is 19.1. The molecule has 1 amide bonds. The lowest BCUT2D eigenvalue weighted by Crippen LogP contribution is -2.43. The molecule has 0 radical (unpaired) electrons. The standard InChI is InChI=1S/C23H24F4N2O2/c1-14(18-10-16(23(25,26)27)11-20-19(18)12-21(30)29-20)31-13-22(6-8-28-9-7-22)15-2-4-17(24)5-3-15/h2-5,10-11,14,28H,6-9,12-13H2,1H3,(H,29,30). The van der Waals surface area contributed by atoms with E-state index in [4.69, 9.17) is 4.74 Å². The van der Waals surface area contributed by atoms with E-state index in [2.05, 4.69) is 10.6 Å². The van der Waals surface area contributed by atoms with Gasteiger partial charge in [0.1, 0.15) is 5.82 Å². The van der Waals surface area contributed by atoms with Gasteiger partial charge in [0.05, 0.1) is 24.7 Å². The fourth-order valence-electron chi connectivity index (χ4n) is 4.48. The summed E-state index contributed by atoms with van der Waals surface area (Å²) in [6, 6.07) is 8.39. The van der Waals surface area contributed by atoms with Gasteiger partial charge in [0.2, 0.25) is 5.91 Å². The second-order valence-corrected chi connectivity index (χ2v) is 8.30. The molecule has 0 saturated carbocycles. The van der Waals surface area contributed by atoms with Crippen LogP contribution in [0.4, 0.5) is 23.2 Å². The lowest BCUT2D eigenvalue weighted by molar-refractivity contribution is -0.137. The van der Waals surface area contributed by atoms with Crippen molar-refractivity contribution in [1.29, 1.82) is 0 Å². The van der Waals surface area contributed by atoms with Crippen LogP contribution in [-0.4, -0.2) is 25.6 Å². The molecule has 2 heterocycles. The summed E-state index contributed by atoms with van der Waals surface area (Å²) < 4.78 is 59.8. The van der Waals surface area contributed by atoms with Crippen LogP contribution >= 0.6 is 0 Å². The van der Waals surface area contributed by atoms with Gasteiger partial charge >= 0.3 is 6.18 Å². The molecule has 166 valence electrons. The number of ether oxygens (including phenoxy) is 1. The first-order valence-corrected chi connectivity index (χ1v) is 10.3. The highest BCUT2D eigenvalue weighted by Gasteiger charge is 2.37. The van der Waals surface area contributed by atoms with Gasteiger partial charge in [-0.05, 0) is 73.8 Å². The first-order valence-electron chi connectivity index (χ1n) is 10.3. The van der Waals surface area contributed by atoms with Crippen molar-refractivity contribution >= 4 is 11.6 Å². The number of hydrogen-bond donors (Lipinski definition) is 2. The molecule has 0 aliphatic carbocycles. The number of carbonyl (C=O) groups is 1. The molecule has 1 fully saturated rings. The first kappa shape index (κ1) is 21.8. The molecule has 0 bridgehead atoms. The molecule has 31 heavy (non-hydrogen) atoms. The molecule has 2 aliphatic rings.